The van der Waals surface area contributed by atoms with E-state index in [0.717, 1.165) is 16.9 Å². The largest absolute Gasteiger partial charge is 0.494 e. The first-order valence-electron chi connectivity index (χ1n) is 9.89. The number of amides is 2. The number of aryl methyl sites for hydroxylation is 1. The molecule has 156 valence electrons. The summed E-state index contributed by atoms with van der Waals surface area (Å²) in [7, 11) is 1.56. The van der Waals surface area contributed by atoms with E-state index < -0.39 is 6.04 Å². The van der Waals surface area contributed by atoms with E-state index in [1.54, 1.807) is 24.1 Å². The van der Waals surface area contributed by atoms with Crippen molar-refractivity contribution in [1.82, 2.24) is 10.2 Å². The second-order valence-electron chi connectivity index (χ2n) is 6.95. The molecule has 0 radical (unpaired) electrons. The Kier molecular flexibility index (Phi) is 8.65. The fourth-order valence-corrected chi connectivity index (χ4v) is 3.06. The number of benzene rings is 2. The topological polar surface area (TPSA) is 58.6 Å². The van der Waals surface area contributed by atoms with Crippen LogP contribution < -0.4 is 10.1 Å². The van der Waals surface area contributed by atoms with E-state index >= 15 is 0 Å². The number of rotatable bonds is 10. The molecule has 1 unspecified atom stereocenters. The highest BCUT2D eigenvalue weighted by atomic mass is 19.1. The van der Waals surface area contributed by atoms with Gasteiger partial charge in [-0.05, 0) is 49.6 Å². The fourth-order valence-electron chi connectivity index (χ4n) is 3.06. The average molecular weight is 400 g/mol. The second-order valence-corrected chi connectivity index (χ2v) is 6.95. The molecule has 0 aliphatic heterocycles. The zero-order valence-corrected chi connectivity index (χ0v) is 17.3. The zero-order chi connectivity index (χ0) is 21.2. The molecule has 2 aromatic carbocycles. The lowest BCUT2D eigenvalue weighted by molar-refractivity contribution is -0.141. The molecule has 2 amide bonds. The van der Waals surface area contributed by atoms with Crippen LogP contribution in [0.1, 0.15) is 37.3 Å². The van der Waals surface area contributed by atoms with Crippen molar-refractivity contribution in [3.8, 4) is 5.75 Å². The predicted octanol–water partition coefficient (Wildman–Crippen LogP) is 3.85. The minimum absolute atomic E-state index is 0.128. The Balaban J connectivity index is 1.99. The first-order chi connectivity index (χ1) is 13.9. The van der Waals surface area contributed by atoms with Gasteiger partial charge in [-0.15, -0.1) is 0 Å². The van der Waals surface area contributed by atoms with Crippen molar-refractivity contribution in [3.63, 3.8) is 0 Å². The first-order valence-corrected chi connectivity index (χ1v) is 9.89. The second kappa shape index (κ2) is 11.2. The summed E-state index contributed by atoms with van der Waals surface area (Å²) in [4.78, 5) is 26.8. The van der Waals surface area contributed by atoms with Gasteiger partial charge < -0.3 is 15.0 Å². The van der Waals surface area contributed by atoms with Gasteiger partial charge in [0.15, 0.2) is 0 Å². The summed E-state index contributed by atoms with van der Waals surface area (Å²) >= 11 is 0. The van der Waals surface area contributed by atoms with Crippen molar-refractivity contribution >= 4 is 11.8 Å². The normalized spacial score (nSPS) is 11.6. The monoisotopic (exact) mass is 400 g/mol. The van der Waals surface area contributed by atoms with Gasteiger partial charge in [-0.1, -0.05) is 36.8 Å². The van der Waals surface area contributed by atoms with Crippen molar-refractivity contribution in [3.05, 3.63) is 65.5 Å². The van der Waals surface area contributed by atoms with Gasteiger partial charge >= 0.3 is 0 Å². The predicted molar refractivity (Wildman–Crippen MR) is 111 cm³/mol. The van der Waals surface area contributed by atoms with Gasteiger partial charge in [-0.25, -0.2) is 4.39 Å². The van der Waals surface area contributed by atoms with Crippen LogP contribution in [0.15, 0.2) is 48.5 Å². The molecular weight excluding hydrogens is 371 g/mol. The molecule has 0 aliphatic carbocycles. The molecule has 0 aliphatic rings. The molecule has 29 heavy (non-hydrogen) atoms. The standard InChI is InChI=1S/C23H29FN2O3/c1-4-21(23(28)25-3)26(16-18-9-11-19(24)12-10-18)22(27)6-5-15-29-20-13-7-17(2)8-14-20/h7-14,21H,4-6,15-16H2,1-3H3,(H,25,28). The molecule has 0 saturated heterocycles. The Bertz CT molecular complexity index is 791. The molecule has 1 atom stereocenters. The average Bonchev–Trinajstić information content (AvgIpc) is 2.73. The first kappa shape index (κ1) is 22.4. The summed E-state index contributed by atoms with van der Waals surface area (Å²) in [6, 6.07) is 13.1. The SMILES string of the molecule is CCC(C(=O)NC)N(Cc1ccc(F)cc1)C(=O)CCCOc1ccc(C)cc1. The summed E-state index contributed by atoms with van der Waals surface area (Å²) < 4.78 is 18.9. The highest BCUT2D eigenvalue weighted by molar-refractivity contribution is 5.87. The number of hydrogen-bond acceptors (Lipinski definition) is 3. The van der Waals surface area contributed by atoms with E-state index in [1.807, 2.05) is 38.1 Å². The third kappa shape index (κ3) is 6.89. The van der Waals surface area contributed by atoms with Crippen LogP contribution in [-0.4, -0.2) is 36.4 Å². The Hall–Kier alpha value is -2.89. The van der Waals surface area contributed by atoms with E-state index in [2.05, 4.69) is 5.32 Å². The smallest absolute Gasteiger partial charge is 0.242 e. The minimum Gasteiger partial charge on any atom is -0.494 e. The zero-order valence-electron chi connectivity index (χ0n) is 17.3. The van der Waals surface area contributed by atoms with Crippen LogP contribution in [-0.2, 0) is 16.1 Å². The van der Waals surface area contributed by atoms with Crippen molar-refractivity contribution < 1.29 is 18.7 Å². The molecule has 0 spiro atoms. The number of nitrogens with zero attached hydrogens (tertiary/aromatic N) is 1. The number of likely N-dealkylation sites (N-methyl/N-ethyl adjacent to an activating group) is 1. The molecule has 0 aromatic heterocycles. The highest BCUT2D eigenvalue weighted by Crippen LogP contribution is 2.16. The van der Waals surface area contributed by atoms with E-state index in [4.69, 9.17) is 4.74 Å². The molecule has 0 saturated carbocycles. The maximum absolute atomic E-state index is 13.2. The summed E-state index contributed by atoms with van der Waals surface area (Å²) in [5, 5.41) is 2.62. The third-order valence-corrected chi connectivity index (χ3v) is 4.72. The lowest BCUT2D eigenvalue weighted by Gasteiger charge is -2.30. The minimum atomic E-state index is -0.574. The third-order valence-electron chi connectivity index (χ3n) is 4.72. The summed E-state index contributed by atoms with van der Waals surface area (Å²) in [6.45, 7) is 4.54. The molecule has 0 fully saturated rings. The van der Waals surface area contributed by atoms with E-state index in [1.165, 1.54) is 12.1 Å². The molecule has 1 N–H and O–H groups in total. The van der Waals surface area contributed by atoms with E-state index in [0.29, 0.717) is 19.4 Å². The maximum atomic E-state index is 13.2. The molecular formula is C23H29FN2O3. The molecule has 5 nitrogen and oxygen atoms in total. The van der Waals surface area contributed by atoms with E-state index in [-0.39, 0.29) is 30.6 Å². The molecule has 0 bridgehead atoms. The van der Waals surface area contributed by atoms with Gasteiger partial charge in [-0.2, -0.15) is 0 Å². The Morgan fingerprint density at radius 3 is 2.34 bits per heavy atom. The number of halogens is 1. The van der Waals surface area contributed by atoms with Gasteiger partial charge in [0.05, 0.1) is 6.61 Å². The van der Waals surface area contributed by atoms with Gasteiger partial charge in [0, 0.05) is 20.0 Å². The molecule has 2 rings (SSSR count). The number of nitrogens with one attached hydrogen (secondary N) is 1. The molecule has 6 heteroatoms. The fraction of sp³-hybridized carbons (Fsp3) is 0.391. The van der Waals surface area contributed by atoms with Gasteiger partial charge in [0.25, 0.3) is 0 Å². The van der Waals surface area contributed by atoms with Gasteiger partial charge in [-0.3, -0.25) is 9.59 Å². The Morgan fingerprint density at radius 2 is 1.76 bits per heavy atom. The molecule has 2 aromatic rings. The number of carbonyl (C=O) groups excluding carboxylic acids is 2. The number of hydrogen-bond donors (Lipinski definition) is 1. The van der Waals surface area contributed by atoms with Crippen molar-refractivity contribution in [2.24, 2.45) is 0 Å². The van der Waals surface area contributed by atoms with Gasteiger partial charge in [0.1, 0.15) is 17.6 Å². The quantitative estimate of drug-likeness (QED) is 0.617. The Labute approximate surface area is 171 Å². The number of ether oxygens (including phenoxy) is 1. The van der Waals surface area contributed by atoms with Crippen LogP contribution in [0.5, 0.6) is 5.75 Å². The van der Waals surface area contributed by atoms with Crippen LogP contribution in [0.4, 0.5) is 4.39 Å². The lowest BCUT2D eigenvalue weighted by atomic mass is 10.1. The van der Waals surface area contributed by atoms with Crippen molar-refractivity contribution in [2.45, 2.75) is 45.7 Å². The maximum Gasteiger partial charge on any atom is 0.242 e. The lowest BCUT2D eigenvalue weighted by Crippen LogP contribution is -2.48. The van der Waals surface area contributed by atoms with Crippen molar-refractivity contribution in [1.29, 1.82) is 0 Å². The highest BCUT2D eigenvalue weighted by Gasteiger charge is 2.27. The summed E-state index contributed by atoms with van der Waals surface area (Å²) in [6.07, 6.45) is 1.30. The molecule has 0 heterocycles. The van der Waals surface area contributed by atoms with Crippen LogP contribution in [0.3, 0.4) is 0 Å². The summed E-state index contributed by atoms with van der Waals surface area (Å²) in [5.74, 6) is 0.0948. The Morgan fingerprint density at radius 1 is 1.10 bits per heavy atom. The van der Waals surface area contributed by atoms with Crippen LogP contribution in [0.25, 0.3) is 0 Å². The van der Waals surface area contributed by atoms with Crippen LogP contribution in [0.2, 0.25) is 0 Å². The number of carbonyl (C=O) groups is 2. The van der Waals surface area contributed by atoms with E-state index in [9.17, 15) is 14.0 Å². The van der Waals surface area contributed by atoms with Crippen LogP contribution in [0, 0.1) is 12.7 Å². The van der Waals surface area contributed by atoms with Crippen LogP contribution >= 0.6 is 0 Å². The van der Waals surface area contributed by atoms with Crippen molar-refractivity contribution in [2.75, 3.05) is 13.7 Å². The van der Waals surface area contributed by atoms with Gasteiger partial charge in [0.2, 0.25) is 11.8 Å². The summed E-state index contributed by atoms with van der Waals surface area (Å²) in [5.41, 5.74) is 1.93.